The molecule has 0 aliphatic rings. The third-order valence-electron chi connectivity index (χ3n) is 9.90. The summed E-state index contributed by atoms with van der Waals surface area (Å²) in [5.74, 6) is 0.603. The molecule has 0 radical (unpaired) electrons. The molecular formula is C49H32N2O2. The quantitative estimate of drug-likeness (QED) is 0.168. The van der Waals surface area contributed by atoms with Crippen LogP contribution in [0.2, 0.25) is 0 Å². The summed E-state index contributed by atoms with van der Waals surface area (Å²) in [6.07, 6.45) is 0. The van der Waals surface area contributed by atoms with E-state index in [1.165, 1.54) is 11.1 Å². The van der Waals surface area contributed by atoms with Crippen molar-refractivity contribution in [3.63, 3.8) is 0 Å². The van der Waals surface area contributed by atoms with Crippen LogP contribution in [-0.2, 0) is 0 Å². The number of rotatable bonds is 7. The molecule has 0 spiro atoms. The fourth-order valence-electron chi connectivity index (χ4n) is 7.28. The highest BCUT2D eigenvalue weighted by molar-refractivity contribution is 6.10. The second-order valence-electron chi connectivity index (χ2n) is 13.2. The van der Waals surface area contributed by atoms with E-state index in [9.17, 15) is 0 Å². The van der Waals surface area contributed by atoms with Gasteiger partial charge in [0.15, 0.2) is 5.58 Å². The summed E-state index contributed by atoms with van der Waals surface area (Å²) >= 11 is 0. The van der Waals surface area contributed by atoms with Crippen LogP contribution in [0.3, 0.4) is 0 Å². The van der Waals surface area contributed by atoms with E-state index in [-0.39, 0.29) is 0 Å². The lowest BCUT2D eigenvalue weighted by Gasteiger charge is -2.28. The summed E-state index contributed by atoms with van der Waals surface area (Å²) in [5, 5.41) is 2.06. The van der Waals surface area contributed by atoms with E-state index in [0.717, 1.165) is 72.3 Å². The highest BCUT2D eigenvalue weighted by Crippen LogP contribution is 2.43. The molecule has 0 N–H and O–H groups in total. The monoisotopic (exact) mass is 680 g/mol. The third-order valence-corrected chi connectivity index (χ3v) is 9.90. The van der Waals surface area contributed by atoms with Crippen molar-refractivity contribution in [2.24, 2.45) is 0 Å². The lowest BCUT2D eigenvalue weighted by Crippen LogP contribution is -2.11. The molecule has 0 aliphatic heterocycles. The Hall–Kier alpha value is -7.17. The van der Waals surface area contributed by atoms with Crippen LogP contribution in [0.4, 0.5) is 17.1 Å². The van der Waals surface area contributed by atoms with E-state index in [0.29, 0.717) is 11.5 Å². The molecule has 0 bridgehead atoms. The molecule has 250 valence electrons. The van der Waals surface area contributed by atoms with E-state index < -0.39 is 0 Å². The number of hydrogen-bond donors (Lipinski definition) is 0. The standard InChI is InChI=1S/C49H32N2O2/c1-5-13-33(14-6-1)37-23-27-45(41(29-37)35-15-7-2-8-16-35)51(39-19-11-4-12-20-39)40-25-21-34(22-26-40)38-24-28-46-42(30-38)43-31-44-48(32-47(43)52-46)53-49(50-44)36-17-9-3-10-18-36/h1-32H. The molecule has 0 saturated carbocycles. The fraction of sp³-hybridized carbons (Fsp3) is 0. The number of para-hydroxylation sites is 1. The number of anilines is 3. The Morgan fingerprint density at radius 2 is 0.906 bits per heavy atom. The Morgan fingerprint density at radius 1 is 0.358 bits per heavy atom. The van der Waals surface area contributed by atoms with Gasteiger partial charge in [-0.15, -0.1) is 0 Å². The van der Waals surface area contributed by atoms with Crippen LogP contribution >= 0.6 is 0 Å². The summed E-state index contributed by atoms with van der Waals surface area (Å²) in [4.78, 5) is 7.16. The van der Waals surface area contributed by atoms with E-state index in [4.69, 9.17) is 13.8 Å². The molecule has 2 aromatic heterocycles. The molecule has 10 rings (SSSR count). The second-order valence-corrected chi connectivity index (χ2v) is 13.2. The summed E-state index contributed by atoms with van der Waals surface area (Å²) in [6, 6.07) is 67.8. The minimum atomic E-state index is 0.603. The topological polar surface area (TPSA) is 42.4 Å². The van der Waals surface area contributed by atoms with Gasteiger partial charge in [0.2, 0.25) is 5.89 Å². The predicted molar refractivity (Wildman–Crippen MR) is 218 cm³/mol. The van der Waals surface area contributed by atoms with Crippen molar-refractivity contribution in [2.45, 2.75) is 0 Å². The first-order valence-corrected chi connectivity index (χ1v) is 17.8. The molecule has 4 nitrogen and oxygen atoms in total. The van der Waals surface area contributed by atoms with E-state index in [2.05, 4.69) is 163 Å². The molecule has 2 heterocycles. The molecule has 0 amide bonds. The average Bonchev–Trinajstić information content (AvgIpc) is 3.82. The molecule has 0 saturated heterocycles. The van der Waals surface area contributed by atoms with Gasteiger partial charge in [-0.05, 0) is 94.5 Å². The number of fused-ring (bicyclic) bond motifs is 4. The van der Waals surface area contributed by atoms with E-state index >= 15 is 0 Å². The summed E-state index contributed by atoms with van der Waals surface area (Å²) in [7, 11) is 0. The van der Waals surface area contributed by atoms with Crippen molar-refractivity contribution in [1.29, 1.82) is 0 Å². The first-order chi connectivity index (χ1) is 26.2. The van der Waals surface area contributed by atoms with Crippen LogP contribution < -0.4 is 4.90 Å². The maximum Gasteiger partial charge on any atom is 0.227 e. The zero-order chi connectivity index (χ0) is 35.1. The van der Waals surface area contributed by atoms with Crippen LogP contribution in [0, 0.1) is 0 Å². The van der Waals surface area contributed by atoms with Crippen LogP contribution in [-0.4, -0.2) is 4.98 Å². The number of hydrogen-bond acceptors (Lipinski definition) is 4. The molecule has 4 heteroatoms. The fourth-order valence-corrected chi connectivity index (χ4v) is 7.28. The van der Waals surface area contributed by atoms with Crippen molar-refractivity contribution in [2.75, 3.05) is 4.90 Å². The first kappa shape index (κ1) is 30.6. The highest BCUT2D eigenvalue weighted by Gasteiger charge is 2.19. The number of aromatic nitrogens is 1. The first-order valence-electron chi connectivity index (χ1n) is 17.8. The van der Waals surface area contributed by atoms with E-state index in [1.807, 2.05) is 36.4 Å². The van der Waals surface area contributed by atoms with Gasteiger partial charge in [0.1, 0.15) is 16.7 Å². The number of nitrogens with zero attached hydrogens (tertiary/aromatic N) is 2. The van der Waals surface area contributed by atoms with Crippen molar-refractivity contribution < 1.29 is 8.83 Å². The van der Waals surface area contributed by atoms with Crippen molar-refractivity contribution in [1.82, 2.24) is 4.98 Å². The number of benzene rings is 8. The Kier molecular flexibility index (Phi) is 7.43. The minimum Gasteiger partial charge on any atom is -0.456 e. The molecule has 0 aliphatic carbocycles. The molecule has 10 aromatic rings. The maximum atomic E-state index is 6.30. The average molecular weight is 681 g/mol. The largest absolute Gasteiger partial charge is 0.456 e. The predicted octanol–water partition coefficient (Wildman–Crippen LogP) is 13.9. The van der Waals surface area contributed by atoms with Crippen LogP contribution in [0.5, 0.6) is 0 Å². The highest BCUT2D eigenvalue weighted by atomic mass is 16.4. The van der Waals surface area contributed by atoms with Gasteiger partial charge in [-0.2, -0.15) is 0 Å². The molecule has 8 aromatic carbocycles. The van der Waals surface area contributed by atoms with Gasteiger partial charge in [-0.1, -0.05) is 121 Å². The Morgan fingerprint density at radius 3 is 1.62 bits per heavy atom. The molecular weight excluding hydrogens is 649 g/mol. The SMILES string of the molecule is c1ccc(-c2ccc(N(c3ccccc3)c3ccc(-c4ccc5oc6cc7oc(-c8ccccc8)nc7cc6c5c4)cc3)c(-c3ccccc3)c2)cc1. The lowest BCUT2D eigenvalue weighted by molar-refractivity contribution is 0.617. The minimum absolute atomic E-state index is 0.603. The van der Waals surface area contributed by atoms with Crippen LogP contribution in [0.25, 0.3) is 77.9 Å². The lowest BCUT2D eigenvalue weighted by atomic mass is 9.96. The van der Waals surface area contributed by atoms with Crippen LogP contribution in [0.1, 0.15) is 0 Å². The summed E-state index contributed by atoms with van der Waals surface area (Å²) in [5.41, 5.74) is 14.3. The zero-order valence-corrected chi connectivity index (χ0v) is 28.7. The number of furan rings is 1. The number of oxazole rings is 1. The summed E-state index contributed by atoms with van der Waals surface area (Å²) in [6.45, 7) is 0. The van der Waals surface area contributed by atoms with Crippen molar-refractivity contribution in [3.05, 3.63) is 194 Å². The molecule has 0 unspecified atom stereocenters. The Balaban J connectivity index is 1.05. The second kappa shape index (κ2) is 12.9. The Bertz CT molecular complexity index is 2860. The van der Waals surface area contributed by atoms with Crippen LogP contribution in [0.15, 0.2) is 203 Å². The van der Waals surface area contributed by atoms with Gasteiger partial charge in [-0.25, -0.2) is 4.98 Å². The summed E-state index contributed by atoms with van der Waals surface area (Å²) < 4.78 is 12.4. The van der Waals surface area contributed by atoms with Gasteiger partial charge in [-0.3, -0.25) is 0 Å². The third kappa shape index (κ3) is 5.63. The van der Waals surface area contributed by atoms with E-state index in [1.54, 1.807) is 0 Å². The van der Waals surface area contributed by atoms with Gasteiger partial charge in [0.05, 0.1) is 5.69 Å². The molecule has 0 atom stereocenters. The van der Waals surface area contributed by atoms with Gasteiger partial charge in [0, 0.05) is 39.3 Å². The van der Waals surface area contributed by atoms with Gasteiger partial charge < -0.3 is 13.7 Å². The van der Waals surface area contributed by atoms with Gasteiger partial charge in [0.25, 0.3) is 0 Å². The van der Waals surface area contributed by atoms with Gasteiger partial charge >= 0.3 is 0 Å². The van der Waals surface area contributed by atoms with Crippen molar-refractivity contribution >= 4 is 50.1 Å². The molecule has 53 heavy (non-hydrogen) atoms. The van der Waals surface area contributed by atoms with Crippen molar-refractivity contribution in [3.8, 4) is 44.8 Å². The maximum absolute atomic E-state index is 6.30. The smallest absolute Gasteiger partial charge is 0.227 e. The molecule has 0 fully saturated rings. The normalized spacial score (nSPS) is 11.4. The Labute approximate surface area is 306 Å². The zero-order valence-electron chi connectivity index (χ0n) is 28.7.